The normalized spacial score (nSPS) is 16.5. The van der Waals surface area contributed by atoms with Crippen LogP contribution in [0, 0.1) is 0 Å². The summed E-state index contributed by atoms with van der Waals surface area (Å²) in [5, 5.41) is 0. The molecule has 0 fully saturated rings. The van der Waals surface area contributed by atoms with Gasteiger partial charge in [-0.05, 0) is 92.0 Å². The fourth-order valence-corrected chi connectivity index (χ4v) is 7.48. The van der Waals surface area contributed by atoms with Crippen molar-refractivity contribution in [3.8, 4) is 33.4 Å². The molecule has 3 aliphatic carbocycles. The third-order valence-electron chi connectivity index (χ3n) is 8.77. The summed E-state index contributed by atoms with van der Waals surface area (Å²) < 4.78 is 0. The number of nitrogens with zero attached hydrogens (tertiary/aromatic N) is 1. The van der Waals surface area contributed by atoms with E-state index in [0.29, 0.717) is 0 Å². The highest BCUT2D eigenvalue weighted by molar-refractivity contribution is 6.06. The van der Waals surface area contributed by atoms with E-state index in [1.165, 1.54) is 61.3 Å². The van der Waals surface area contributed by atoms with Crippen LogP contribution in [0.25, 0.3) is 33.4 Å². The van der Waals surface area contributed by atoms with Gasteiger partial charge < -0.3 is 4.90 Å². The van der Waals surface area contributed by atoms with Crippen LogP contribution in [0.2, 0.25) is 0 Å². The van der Waals surface area contributed by atoms with Gasteiger partial charge in [-0.2, -0.15) is 0 Å². The van der Waals surface area contributed by atoms with Gasteiger partial charge >= 0.3 is 0 Å². The molecule has 38 heavy (non-hydrogen) atoms. The van der Waals surface area contributed by atoms with Crippen LogP contribution in [0.15, 0.2) is 140 Å². The lowest BCUT2D eigenvalue weighted by Gasteiger charge is -2.30. The van der Waals surface area contributed by atoms with Crippen LogP contribution in [0.5, 0.6) is 0 Å². The average Bonchev–Trinajstić information content (AvgIpc) is 3.58. The van der Waals surface area contributed by atoms with Crippen LogP contribution >= 0.6 is 0 Å². The van der Waals surface area contributed by atoms with Gasteiger partial charge in [0.1, 0.15) is 0 Å². The van der Waals surface area contributed by atoms with Crippen molar-refractivity contribution in [1.29, 1.82) is 0 Å². The SMILES string of the molecule is c1ccc(N(c2ccccc2)c2ccc3c(c2)C24c5ccccc5-c5cccc(c52)-c2cccc-3c24)cc1. The Kier molecular flexibility index (Phi) is 3.78. The van der Waals surface area contributed by atoms with Gasteiger partial charge in [-0.25, -0.2) is 0 Å². The molecule has 0 radical (unpaired) electrons. The highest BCUT2D eigenvalue weighted by Gasteiger charge is 2.57. The maximum absolute atomic E-state index is 2.47. The van der Waals surface area contributed by atoms with Crippen molar-refractivity contribution in [2.75, 3.05) is 4.90 Å². The van der Waals surface area contributed by atoms with Crippen LogP contribution in [0.1, 0.15) is 22.3 Å². The van der Waals surface area contributed by atoms with Crippen LogP contribution in [-0.4, -0.2) is 0 Å². The van der Waals surface area contributed by atoms with Crippen molar-refractivity contribution < 1.29 is 0 Å². The summed E-state index contributed by atoms with van der Waals surface area (Å²) in [6.07, 6.45) is 0. The minimum absolute atomic E-state index is 0.265. The molecule has 1 heteroatoms. The number of benzene rings is 6. The van der Waals surface area contributed by atoms with E-state index >= 15 is 0 Å². The molecular formula is C37H23N. The van der Waals surface area contributed by atoms with Crippen molar-refractivity contribution in [3.63, 3.8) is 0 Å². The molecule has 0 amide bonds. The zero-order valence-corrected chi connectivity index (χ0v) is 20.7. The van der Waals surface area contributed by atoms with Gasteiger partial charge in [-0.1, -0.05) is 103 Å². The van der Waals surface area contributed by atoms with Crippen molar-refractivity contribution in [1.82, 2.24) is 0 Å². The second-order valence-electron chi connectivity index (χ2n) is 10.5. The van der Waals surface area contributed by atoms with Crippen LogP contribution in [0.3, 0.4) is 0 Å². The molecule has 1 nitrogen and oxygen atoms in total. The Morgan fingerprint density at radius 1 is 0.342 bits per heavy atom. The fraction of sp³-hybridized carbons (Fsp3) is 0.0270. The average molecular weight is 482 g/mol. The molecular weight excluding hydrogens is 458 g/mol. The second-order valence-corrected chi connectivity index (χ2v) is 10.5. The summed E-state index contributed by atoms with van der Waals surface area (Å²) in [4.78, 5) is 2.38. The second kappa shape index (κ2) is 7.12. The molecule has 6 aromatic rings. The molecule has 3 aliphatic rings. The van der Waals surface area contributed by atoms with Gasteiger partial charge in [-0.3, -0.25) is 0 Å². The predicted octanol–water partition coefficient (Wildman–Crippen LogP) is 9.48. The number of hydrogen-bond acceptors (Lipinski definition) is 1. The van der Waals surface area contributed by atoms with Crippen LogP contribution < -0.4 is 4.90 Å². The summed E-state index contributed by atoms with van der Waals surface area (Å²) in [5.41, 5.74) is 17.2. The molecule has 0 saturated carbocycles. The maximum Gasteiger partial charge on any atom is 0.0738 e. The first kappa shape index (κ1) is 20.2. The largest absolute Gasteiger partial charge is 0.310 e. The Balaban J connectivity index is 1.39. The van der Waals surface area contributed by atoms with Gasteiger partial charge in [-0.15, -0.1) is 0 Å². The van der Waals surface area contributed by atoms with Crippen molar-refractivity contribution in [3.05, 3.63) is 162 Å². The first-order valence-electron chi connectivity index (χ1n) is 13.3. The monoisotopic (exact) mass is 481 g/mol. The molecule has 0 heterocycles. The first-order chi connectivity index (χ1) is 18.9. The van der Waals surface area contributed by atoms with Crippen LogP contribution in [-0.2, 0) is 5.41 Å². The third kappa shape index (κ3) is 2.29. The number of anilines is 3. The lowest BCUT2D eigenvalue weighted by Crippen LogP contribution is -2.23. The Labute approximate surface area is 222 Å². The van der Waals surface area contributed by atoms with Gasteiger partial charge in [0.05, 0.1) is 5.41 Å². The standard InChI is InChI=1S/C37H23N/c1-3-11-24(12-4-1)38(25-13-5-2-6-14-25)26-21-22-28-30-17-10-19-32-31-18-9-16-29-27-15-7-8-20-33(27)37(35(29)31,36(30)32)34(28)23-26/h1-23H. The fourth-order valence-electron chi connectivity index (χ4n) is 7.48. The molecule has 0 N–H and O–H groups in total. The highest BCUT2D eigenvalue weighted by atomic mass is 15.1. The van der Waals surface area contributed by atoms with E-state index in [1.54, 1.807) is 0 Å². The summed E-state index contributed by atoms with van der Waals surface area (Å²) in [6, 6.07) is 51.3. The summed E-state index contributed by atoms with van der Waals surface area (Å²) in [5.74, 6) is 0. The van der Waals surface area contributed by atoms with E-state index < -0.39 is 0 Å². The molecule has 1 atom stereocenters. The molecule has 0 aliphatic heterocycles. The van der Waals surface area contributed by atoms with E-state index in [9.17, 15) is 0 Å². The quantitative estimate of drug-likeness (QED) is 0.243. The van der Waals surface area contributed by atoms with Crippen LogP contribution in [0.4, 0.5) is 17.1 Å². The number of rotatable bonds is 3. The van der Waals surface area contributed by atoms with E-state index in [0.717, 1.165) is 11.4 Å². The molecule has 0 saturated heterocycles. The number of fused-ring (bicyclic) bond motifs is 5. The number of para-hydroxylation sites is 2. The topological polar surface area (TPSA) is 3.24 Å². The minimum Gasteiger partial charge on any atom is -0.310 e. The molecule has 1 spiro atoms. The minimum atomic E-state index is -0.265. The van der Waals surface area contributed by atoms with E-state index in [-0.39, 0.29) is 5.41 Å². The van der Waals surface area contributed by atoms with E-state index in [2.05, 4.69) is 144 Å². The maximum atomic E-state index is 2.47. The molecule has 1 unspecified atom stereocenters. The van der Waals surface area contributed by atoms with Gasteiger partial charge in [0.25, 0.3) is 0 Å². The summed E-state index contributed by atoms with van der Waals surface area (Å²) in [6.45, 7) is 0. The first-order valence-corrected chi connectivity index (χ1v) is 13.3. The third-order valence-corrected chi connectivity index (χ3v) is 8.77. The van der Waals surface area contributed by atoms with Crippen molar-refractivity contribution >= 4 is 17.1 Å². The Morgan fingerprint density at radius 2 is 0.816 bits per heavy atom. The van der Waals surface area contributed by atoms with E-state index in [4.69, 9.17) is 0 Å². The van der Waals surface area contributed by atoms with E-state index in [1.807, 2.05) is 0 Å². The highest BCUT2D eigenvalue weighted by Crippen LogP contribution is 2.70. The zero-order valence-electron chi connectivity index (χ0n) is 20.7. The van der Waals surface area contributed by atoms with Gasteiger partial charge in [0.15, 0.2) is 0 Å². The Morgan fingerprint density at radius 3 is 1.42 bits per heavy atom. The predicted molar refractivity (Wildman–Crippen MR) is 156 cm³/mol. The van der Waals surface area contributed by atoms with Gasteiger partial charge in [0.2, 0.25) is 0 Å². The molecule has 0 bridgehead atoms. The lowest BCUT2D eigenvalue weighted by molar-refractivity contribution is 0.818. The lowest BCUT2D eigenvalue weighted by atomic mass is 9.73. The Bertz CT molecular complexity index is 1840. The van der Waals surface area contributed by atoms with Crippen molar-refractivity contribution in [2.45, 2.75) is 5.41 Å². The number of hydrogen-bond donors (Lipinski definition) is 0. The molecule has 0 aromatic heterocycles. The Hall–Kier alpha value is -4.88. The zero-order chi connectivity index (χ0) is 24.8. The molecule has 9 rings (SSSR count). The van der Waals surface area contributed by atoms with Crippen molar-refractivity contribution in [2.24, 2.45) is 0 Å². The summed E-state index contributed by atoms with van der Waals surface area (Å²) in [7, 11) is 0. The summed E-state index contributed by atoms with van der Waals surface area (Å²) >= 11 is 0. The molecule has 6 aromatic carbocycles. The molecule has 176 valence electrons. The smallest absolute Gasteiger partial charge is 0.0738 e. The van der Waals surface area contributed by atoms with Gasteiger partial charge in [0, 0.05) is 17.1 Å².